The molecule has 4 nitrogen and oxygen atoms in total. The third-order valence-corrected chi connectivity index (χ3v) is 5.42. The Morgan fingerprint density at radius 1 is 1.09 bits per heavy atom. The molecule has 0 spiro atoms. The highest BCUT2D eigenvalue weighted by molar-refractivity contribution is 9.10. The average molecular weight is 379 g/mol. The van der Waals surface area contributed by atoms with Gasteiger partial charge in [0.15, 0.2) is 0 Å². The number of carbonyl (C=O) groups excluding carboxylic acids is 2. The first kappa shape index (κ1) is 16.5. The SMILES string of the molecule is O=C1CCCCN1CC1CCN(C(=O)c2ccc(Br)cc2)CC1. The third kappa shape index (κ3) is 4.14. The number of halogens is 1. The fraction of sp³-hybridized carbons (Fsp3) is 0.556. The number of nitrogens with zero attached hydrogens (tertiary/aromatic N) is 2. The highest BCUT2D eigenvalue weighted by Gasteiger charge is 2.27. The molecule has 2 aliphatic heterocycles. The van der Waals surface area contributed by atoms with Gasteiger partial charge in [-0.1, -0.05) is 15.9 Å². The van der Waals surface area contributed by atoms with Crippen LogP contribution in [0.3, 0.4) is 0 Å². The maximum atomic E-state index is 12.5. The molecule has 0 saturated carbocycles. The second kappa shape index (κ2) is 7.47. The monoisotopic (exact) mass is 378 g/mol. The normalized spacial score (nSPS) is 20.0. The molecular weight excluding hydrogens is 356 g/mol. The van der Waals surface area contributed by atoms with Crippen LogP contribution in [-0.2, 0) is 4.79 Å². The summed E-state index contributed by atoms with van der Waals surface area (Å²) in [6.45, 7) is 3.37. The fourth-order valence-corrected chi connectivity index (χ4v) is 3.72. The van der Waals surface area contributed by atoms with Crippen molar-refractivity contribution in [2.45, 2.75) is 32.1 Å². The summed E-state index contributed by atoms with van der Waals surface area (Å²) in [5.41, 5.74) is 0.748. The van der Waals surface area contributed by atoms with E-state index in [0.717, 1.165) is 61.9 Å². The van der Waals surface area contributed by atoms with Crippen LogP contribution in [0, 0.1) is 5.92 Å². The molecule has 0 aromatic heterocycles. The van der Waals surface area contributed by atoms with Crippen molar-refractivity contribution in [1.29, 1.82) is 0 Å². The van der Waals surface area contributed by atoms with Gasteiger partial charge >= 0.3 is 0 Å². The summed E-state index contributed by atoms with van der Waals surface area (Å²) < 4.78 is 0.985. The first-order chi connectivity index (χ1) is 11.1. The summed E-state index contributed by atoms with van der Waals surface area (Å²) in [7, 11) is 0. The minimum absolute atomic E-state index is 0.116. The van der Waals surface area contributed by atoms with Crippen molar-refractivity contribution in [2.75, 3.05) is 26.2 Å². The number of likely N-dealkylation sites (tertiary alicyclic amines) is 2. The fourth-order valence-electron chi connectivity index (χ4n) is 3.46. The average Bonchev–Trinajstić information content (AvgIpc) is 2.58. The standard InChI is InChI=1S/C18H23BrN2O2/c19-16-6-4-15(5-7-16)18(23)20-11-8-14(9-12-20)13-21-10-2-1-3-17(21)22/h4-7,14H,1-3,8-13H2. The van der Waals surface area contributed by atoms with Gasteiger partial charge < -0.3 is 9.80 Å². The second-order valence-corrected chi connectivity index (χ2v) is 7.46. The van der Waals surface area contributed by atoms with Gasteiger partial charge in [-0.2, -0.15) is 0 Å². The van der Waals surface area contributed by atoms with Crippen LogP contribution in [0.25, 0.3) is 0 Å². The molecule has 23 heavy (non-hydrogen) atoms. The lowest BCUT2D eigenvalue weighted by Crippen LogP contribution is -2.44. The first-order valence-electron chi connectivity index (χ1n) is 8.46. The van der Waals surface area contributed by atoms with E-state index in [1.807, 2.05) is 34.1 Å². The largest absolute Gasteiger partial charge is 0.342 e. The molecule has 0 bridgehead atoms. The van der Waals surface area contributed by atoms with Gasteiger partial charge in [-0.25, -0.2) is 0 Å². The lowest BCUT2D eigenvalue weighted by Gasteiger charge is -2.36. The number of hydrogen-bond acceptors (Lipinski definition) is 2. The molecule has 1 aromatic carbocycles. The maximum absolute atomic E-state index is 12.5. The van der Waals surface area contributed by atoms with Gasteiger partial charge in [-0.15, -0.1) is 0 Å². The van der Waals surface area contributed by atoms with Crippen LogP contribution in [0.1, 0.15) is 42.5 Å². The molecule has 5 heteroatoms. The van der Waals surface area contributed by atoms with E-state index in [2.05, 4.69) is 15.9 Å². The van der Waals surface area contributed by atoms with Crippen LogP contribution in [0.4, 0.5) is 0 Å². The minimum Gasteiger partial charge on any atom is -0.342 e. The molecule has 0 radical (unpaired) electrons. The highest BCUT2D eigenvalue weighted by Crippen LogP contribution is 2.22. The van der Waals surface area contributed by atoms with E-state index >= 15 is 0 Å². The molecule has 2 fully saturated rings. The van der Waals surface area contributed by atoms with Crippen LogP contribution in [-0.4, -0.2) is 47.8 Å². The Hall–Kier alpha value is -1.36. The summed E-state index contributed by atoms with van der Waals surface area (Å²) in [4.78, 5) is 28.4. The molecule has 0 aliphatic carbocycles. The minimum atomic E-state index is 0.116. The Balaban J connectivity index is 1.50. The van der Waals surface area contributed by atoms with E-state index in [1.165, 1.54) is 0 Å². The quantitative estimate of drug-likeness (QED) is 0.809. The van der Waals surface area contributed by atoms with Crippen molar-refractivity contribution in [2.24, 2.45) is 5.92 Å². The highest BCUT2D eigenvalue weighted by atomic mass is 79.9. The molecule has 0 N–H and O–H groups in total. The summed E-state index contributed by atoms with van der Waals surface area (Å²) in [6.07, 6.45) is 4.86. The van der Waals surface area contributed by atoms with E-state index in [-0.39, 0.29) is 5.91 Å². The van der Waals surface area contributed by atoms with Crippen LogP contribution in [0.5, 0.6) is 0 Å². The van der Waals surface area contributed by atoms with Crippen molar-refractivity contribution >= 4 is 27.7 Å². The van der Waals surface area contributed by atoms with E-state index < -0.39 is 0 Å². The van der Waals surface area contributed by atoms with E-state index in [9.17, 15) is 9.59 Å². The van der Waals surface area contributed by atoms with Gasteiger partial charge in [0, 0.05) is 42.6 Å². The number of amides is 2. The maximum Gasteiger partial charge on any atom is 0.253 e. The van der Waals surface area contributed by atoms with E-state index in [0.29, 0.717) is 18.2 Å². The van der Waals surface area contributed by atoms with Crippen LogP contribution in [0.2, 0.25) is 0 Å². The molecular formula is C18H23BrN2O2. The van der Waals surface area contributed by atoms with Crippen LogP contribution >= 0.6 is 15.9 Å². The van der Waals surface area contributed by atoms with Crippen molar-refractivity contribution in [3.05, 3.63) is 34.3 Å². The Morgan fingerprint density at radius 2 is 1.78 bits per heavy atom. The molecule has 0 atom stereocenters. The Labute approximate surface area is 146 Å². The molecule has 1 aromatic rings. The molecule has 2 aliphatic rings. The summed E-state index contributed by atoms with van der Waals surface area (Å²) in [5.74, 6) is 0.959. The Kier molecular flexibility index (Phi) is 5.36. The molecule has 0 unspecified atom stereocenters. The predicted molar refractivity (Wildman–Crippen MR) is 93.2 cm³/mol. The zero-order chi connectivity index (χ0) is 16.2. The number of rotatable bonds is 3. The molecule has 3 rings (SSSR count). The van der Waals surface area contributed by atoms with E-state index in [1.54, 1.807) is 0 Å². The van der Waals surface area contributed by atoms with Gasteiger partial charge in [0.25, 0.3) is 5.91 Å². The Morgan fingerprint density at radius 3 is 2.43 bits per heavy atom. The summed E-state index contributed by atoms with van der Waals surface area (Å²) >= 11 is 3.39. The zero-order valence-electron chi connectivity index (χ0n) is 13.3. The van der Waals surface area contributed by atoms with E-state index in [4.69, 9.17) is 0 Å². The number of piperidine rings is 2. The van der Waals surface area contributed by atoms with Crippen molar-refractivity contribution in [3.8, 4) is 0 Å². The van der Waals surface area contributed by atoms with Crippen LogP contribution in [0.15, 0.2) is 28.7 Å². The number of benzene rings is 1. The second-order valence-electron chi connectivity index (χ2n) is 6.54. The van der Waals surface area contributed by atoms with Crippen molar-refractivity contribution in [3.63, 3.8) is 0 Å². The molecule has 124 valence electrons. The summed E-state index contributed by atoms with van der Waals surface area (Å²) in [6, 6.07) is 7.54. The van der Waals surface area contributed by atoms with Gasteiger partial charge in [-0.3, -0.25) is 9.59 Å². The zero-order valence-corrected chi connectivity index (χ0v) is 14.9. The summed E-state index contributed by atoms with van der Waals surface area (Å²) in [5, 5.41) is 0. The van der Waals surface area contributed by atoms with Crippen molar-refractivity contribution < 1.29 is 9.59 Å². The third-order valence-electron chi connectivity index (χ3n) is 4.89. The predicted octanol–water partition coefficient (Wildman–Crippen LogP) is 3.31. The lowest BCUT2D eigenvalue weighted by molar-refractivity contribution is -0.134. The van der Waals surface area contributed by atoms with Crippen LogP contribution < -0.4 is 0 Å². The molecule has 2 saturated heterocycles. The first-order valence-corrected chi connectivity index (χ1v) is 9.25. The van der Waals surface area contributed by atoms with Gasteiger partial charge in [-0.05, 0) is 55.9 Å². The Bertz CT molecular complexity index is 565. The van der Waals surface area contributed by atoms with Gasteiger partial charge in [0.2, 0.25) is 5.91 Å². The van der Waals surface area contributed by atoms with Gasteiger partial charge in [0.05, 0.1) is 0 Å². The molecule has 2 amide bonds. The number of hydrogen-bond donors (Lipinski definition) is 0. The van der Waals surface area contributed by atoms with Crippen molar-refractivity contribution in [1.82, 2.24) is 9.80 Å². The lowest BCUT2D eigenvalue weighted by atomic mass is 9.94. The molecule has 2 heterocycles. The topological polar surface area (TPSA) is 40.6 Å². The smallest absolute Gasteiger partial charge is 0.253 e. The van der Waals surface area contributed by atoms with Gasteiger partial charge in [0.1, 0.15) is 0 Å². The number of carbonyl (C=O) groups is 2.